The fourth-order valence-corrected chi connectivity index (χ4v) is 1.83. The molecule has 1 rings (SSSR count). The van der Waals surface area contributed by atoms with E-state index in [0.29, 0.717) is 10.0 Å². The monoisotopic (exact) mass is 333 g/mol. The van der Waals surface area contributed by atoms with Crippen LogP contribution in [-0.2, 0) is 0 Å². The molecule has 0 amide bonds. The molecular weight excluding hydrogens is 322 g/mol. The minimum Gasteiger partial charge on any atom is -0.508 e. The average Bonchev–Trinajstić information content (AvgIpc) is 2.17. The molecule has 1 aromatic rings. The summed E-state index contributed by atoms with van der Waals surface area (Å²) < 4.78 is 36.6. The highest BCUT2D eigenvalue weighted by Crippen LogP contribution is 2.31. The van der Waals surface area contributed by atoms with Crippen molar-refractivity contribution in [1.82, 2.24) is 0 Å². The van der Waals surface area contributed by atoms with E-state index in [1.54, 1.807) is 6.07 Å². The molecule has 7 heteroatoms. The Kier molecular flexibility index (Phi) is 6.29. The first-order valence-corrected chi connectivity index (χ1v) is 5.39. The number of alkyl halides is 3. The second-order valence-corrected chi connectivity index (χ2v) is 4.32. The van der Waals surface area contributed by atoms with E-state index in [0.717, 1.165) is 0 Å². The molecule has 1 aromatic carbocycles. The van der Waals surface area contributed by atoms with E-state index < -0.39 is 18.6 Å². The number of phenolic OH excluding ortho intramolecular Hbond substituents is 1. The number of hydrogen-bond donors (Lipinski definition) is 2. The molecule has 0 heterocycles. The zero-order valence-corrected chi connectivity index (χ0v) is 11.1. The average molecular weight is 335 g/mol. The van der Waals surface area contributed by atoms with Gasteiger partial charge in [0.1, 0.15) is 5.75 Å². The van der Waals surface area contributed by atoms with Gasteiger partial charge >= 0.3 is 6.18 Å². The first-order chi connectivity index (χ1) is 7.29. The Bertz CT molecular complexity index is 373. The van der Waals surface area contributed by atoms with Crippen molar-refractivity contribution in [3.8, 4) is 5.75 Å². The van der Waals surface area contributed by atoms with Crippen molar-refractivity contribution in [3.05, 3.63) is 28.2 Å². The zero-order valence-electron chi connectivity index (χ0n) is 8.67. The summed E-state index contributed by atoms with van der Waals surface area (Å²) in [6.07, 6.45) is -5.34. The molecule has 1 atom stereocenters. The molecule has 98 valence electrons. The smallest absolute Gasteiger partial charge is 0.389 e. The Morgan fingerprint density at radius 1 is 1.35 bits per heavy atom. The maximum atomic E-state index is 12.0. The van der Waals surface area contributed by atoms with Gasteiger partial charge in [-0.15, -0.1) is 12.4 Å². The lowest BCUT2D eigenvalue weighted by atomic mass is 10.0. The molecular formula is C10H12BrClF3NO. The molecule has 0 saturated carbocycles. The van der Waals surface area contributed by atoms with Gasteiger partial charge in [0.2, 0.25) is 0 Å². The summed E-state index contributed by atoms with van der Waals surface area (Å²) in [5, 5.41) is 9.22. The van der Waals surface area contributed by atoms with E-state index in [1.165, 1.54) is 12.1 Å². The quantitative estimate of drug-likeness (QED) is 0.880. The third-order valence-electron chi connectivity index (χ3n) is 2.12. The summed E-state index contributed by atoms with van der Waals surface area (Å²) in [4.78, 5) is 0. The lowest BCUT2D eigenvalue weighted by Gasteiger charge is -2.15. The Balaban J connectivity index is 0.00000256. The van der Waals surface area contributed by atoms with Crippen molar-refractivity contribution in [2.45, 2.75) is 25.1 Å². The largest absolute Gasteiger partial charge is 0.508 e. The van der Waals surface area contributed by atoms with Gasteiger partial charge in [0.05, 0.1) is 0 Å². The van der Waals surface area contributed by atoms with Crippen molar-refractivity contribution in [2.24, 2.45) is 5.73 Å². The van der Waals surface area contributed by atoms with Gasteiger partial charge in [0.15, 0.2) is 0 Å². The van der Waals surface area contributed by atoms with Crippen LogP contribution in [0.4, 0.5) is 13.2 Å². The van der Waals surface area contributed by atoms with E-state index in [-0.39, 0.29) is 24.6 Å². The molecule has 0 spiro atoms. The fourth-order valence-electron chi connectivity index (χ4n) is 1.29. The number of hydrogen-bond acceptors (Lipinski definition) is 2. The van der Waals surface area contributed by atoms with Gasteiger partial charge in [-0.2, -0.15) is 13.2 Å². The summed E-state index contributed by atoms with van der Waals surface area (Å²) in [7, 11) is 0. The van der Waals surface area contributed by atoms with Gasteiger partial charge in [-0.1, -0.05) is 15.9 Å². The summed E-state index contributed by atoms with van der Waals surface area (Å²) in [6.45, 7) is 0. The van der Waals surface area contributed by atoms with Gasteiger partial charge in [0.25, 0.3) is 0 Å². The van der Waals surface area contributed by atoms with Gasteiger partial charge in [0, 0.05) is 16.9 Å². The molecule has 0 bridgehead atoms. The van der Waals surface area contributed by atoms with E-state index in [4.69, 9.17) is 5.73 Å². The number of nitrogens with two attached hydrogens (primary N) is 1. The minimum atomic E-state index is -4.21. The Labute approximate surface area is 112 Å². The van der Waals surface area contributed by atoms with E-state index >= 15 is 0 Å². The van der Waals surface area contributed by atoms with Crippen LogP contribution in [0.2, 0.25) is 0 Å². The topological polar surface area (TPSA) is 46.2 Å². The van der Waals surface area contributed by atoms with Crippen LogP contribution in [0.1, 0.15) is 24.4 Å². The second kappa shape index (κ2) is 6.47. The van der Waals surface area contributed by atoms with Crippen LogP contribution < -0.4 is 5.73 Å². The number of phenols is 1. The maximum Gasteiger partial charge on any atom is 0.389 e. The van der Waals surface area contributed by atoms with Gasteiger partial charge in [-0.25, -0.2) is 0 Å². The van der Waals surface area contributed by atoms with E-state index in [2.05, 4.69) is 15.9 Å². The molecule has 0 aliphatic rings. The minimum absolute atomic E-state index is 0. The highest BCUT2D eigenvalue weighted by molar-refractivity contribution is 9.10. The van der Waals surface area contributed by atoms with Crippen molar-refractivity contribution in [2.75, 3.05) is 0 Å². The lowest BCUT2D eigenvalue weighted by Crippen LogP contribution is -2.16. The van der Waals surface area contributed by atoms with Crippen LogP contribution in [0, 0.1) is 0 Å². The van der Waals surface area contributed by atoms with Crippen molar-refractivity contribution in [1.29, 1.82) is 0 Å². The summed E-state index contributed by atoms with van der Waals surface area (Å²) >= 11 is 3.18. The van der Waals surface area contributed by atoms with Crippen molar-refractivity contribution < 1.29 is 18.3 Å². The first kappa shape index (κ1) is 16.5. The van der Waals surface area contributed by atoms with Crippen LogP contribution >= 0.6 is 28.3 Å². The summed E-state index contributed by atoms with van der Waals surface area (Å²) in [6, 6.07) is 3.61. The maximum absolute atomic E-state index is 12.0. The van der Waals surface area contributed by atoms with E-state index in [1.807, 2.05) is 0 Å². The highest BCUT2D eigenvalue weighted by atomic mass is 79.9. The summed E-state index contributed by atoms with van der Waals surface area (Å²) in [5.74, 6) is -0.0133. The van der Waals surface area contributed by atoms with Crippen LogP contribution in [0.15, 0.2) is 22.7 Å². The SMILES string of the molecule is Cl.N[C@@H](CCC(F)(F)F)c1cc(O)ccc1Br. The predicted molar refractivity (Wildman–Crippen MR) is 65.3 cm³/mol. The molecule has 0 saturated heterocycles. The number of halogens is 5. The molecule has 2 nitrogen and oxygen atoms in total. The first-order valence-electron chi connectivity index (χ1n) is 4.60. The van der Waals surface area contributed by atoms with Crippen LogP contribution in [0.3, 0.4) is 0 Å². The van der Waals surface area contributed by atoms with Crippen LogP contribution in [-0.4, -0.2) is 11.3 Å². The Morgan fingerprint density at radius 2 is 1.94 bits per heavy atom. The highest BCUT2D eigenvalue weighted by Gasteiger charge is 2.28. The molecule has 0 aromatic heterocycles. The number of benzene rings is 1. The molecule has 3 N–H and O–H groups in total. The molecule has 0 aliphatic carbocycles. The standard InChI is InChI=1S/C10H11BrF3NO.ClH/c11-8-2-1-6(16)5-7(8)9(15)3-4-10(12,13)14;/h1-2,5,9,16H,3-4,15H2;1H/t9-;/m0./s1. The molecule has 17 heavy (non-hydrogen) atoms. The summed E-state index contributed by atoms with van der Waals surface area (Å²) in [5.41, 5.74) is 6.11. The molecule has 0 unspecified atom stereocenters. The van der Waals surface area contributed by atoms with Gasteiger partial charge < -0.3 is 10.8 Å². The second-order valence-electron chi connectivity index (χ2n) is 3.47. The lowest BCUT2D eigenvalue weighted by molar-refractivity contribution is -0.136. The van der Waals surface area contributed by atoms with Crippen LogP contribution in [0.5, 0.6) is 5.75 Å². The number of aromatic hydroxyl groups is 1. The van der Waals surface area contributed by atoms with E-state index in [9.17, 15) is 18.3 Å². The Morgan fingerprint density at radius 3 is 2.47 bits per heavy atom. The van der Waals surface area contributed by atoms with Crippen molar-refractivity contribution >= 4 is 28.3 Å². The van der Waals surface area contributed by atoms with Crippen LogP contribution in [0.25, 0.3) is 0 Å². The molecule has 0 fully saturated rings. The molecule has 0 radical (unpaired) electrons. The van der Waals surface area contributed by atoms with Crippen molar-refractivity contribution in [3.63, 3.8) is 0 Å². The normalized spacial score (nSPS) is 13.0. The third kappa shape index (κ3) is 5.61. The fraction of sp³-hybridized carbons (Fsp3) is 0.400. The van der Waals surface area contributed by atoms with Gasteiger partial charge in [-0.3, -0.25) is 0 Å². The third-order valence-corrected chi connectivity index (χ3v) is 2.84. The Hall–Kier alpha value is -0.460. The predicted octanol–water partition coefficient (Wildman–Crippen LogP) is 3.92. The molecule has 0 aliphatic heterocycles. The zero-order chi connectivity index (χ0) is 12.3. The van der Waals surface area contributed by atoms with Gasteiger partial charge in [-0.05, 0) is 30.2 Å². The number of rotatable bonds is 3.